The van der Waals surface area contributed by atoms with Crippen molar-refractivity contribution >= 4 is 34.8 Å². The zero-order valence-electron chi connectivity index (χ0n) is 13.8. The Morgan fingerprint density at radius 2 is 2.08 bits per heavy atom. The van der Waals surface area contributed by atoms with Gasteiger partial charge >= 0.3 is 0 Å². The Balaban J connectivity index is 1.99. The van der Waals surface area contributed by atoms with E-state index < -0.39 is 0 Å². The number of aliphatic imine (C=N–C) groups is 1. The van der Waals surface area contributed by atoms with Crippen LogP contribution in [-0.4, -0.2) is 37.4 Å². The largest absolute Gasteiger partial charge is 0.351 e. The SMILES string of the molecule is CN(C)C(=O)CNC(=NCc1cccc(Cl)c1)NCc1cccs1. The number of hydrogen-bond donors (Lipinski definition) is 2. The fraction of sp³-hybridized carbons (Fsp3) is 0.294. The molecule has 1 aromatic heterocycles. The first kappa shape index (κ1) is 18.3. The van der Waals surface area contributed by atoms with E-state index in [4.69, 9.17) is 11.6 Å². The number of hydrogen-bond acceptors (Lipinski definition) is 3. The molecule has 2 rings (SSSR count). The van der Waals surface area contributed by atoms with Gasteiger partial charge in [0.15, 0.2) is 5.96 Å². The van der Waals surface area contributed by atoms with Gasteiger partial charge in [0, 0.05) is 24.0 Å². The van der Waals surface area contributed by atoms with E-state index in [1.54, 1.807) is 30.3 Å². The highest BCUT2D eigenvalue weighted by Gasteiger charge is 2.06. The monoisotopic (exact) mass is 364 g/mol. The van der Waals surface area contributed by atoms with E-state index >= 15 is 0 Å². The van der Waals surface area contributed by atoms with Crippen LogP contribution in [0.5, 0.6) is 0 Å². The minimum Gasteiger partial charge on any atom is -0.351 e. The standard InChI is InChI=1S/C17H21ClN4OS/c1-22(2)16(23)12-21-17(20-11-15-7-4-8-24-15)19-10-13-5-3-6-14(18)9-13/h3-9H,10-12H2,1-2H3,(H2,19,20,21). The Morgan fingerprint density at radius 3 is 2.75 bits per heavy atom. The zero-order valence-corrected chi connectivity index (χ0v) is 15.3. The lowest BCUT2D eigenvalue weighted by molar-refractivity contribution is -0.127. The lowest BCUT2D eigenvalue weighted by atomic mass is 10.2. The molecule has 1 amide bonds. The molecule has 0 atom stereocenters. The Kier molecular flexibility index (Phi) is 7.08. The number of rotatable bonds is 6. The van der Waals surface area contributed by atoms with Crippen LogP contribution in [0.3, 0.4) is 0 Å². The second kappa shape index (κ2) is 9.30. The number of halogens is 1. The fourth-order valence-corrected chi connectivity index (χ4v) is 2.74. The highest BCUT2D eigenvalue weighted by molar-refractivity contribution is 7.09. The van der Waals surface area contributed by atoms with Crippen molar-refractivity contribution in [1.29, 1.82) is 0 Å². The predicted molar refractivity (Wildman–Crippen MR) is 100 cm³/mol. The summed E-state index contributed by atoms with van der Waals surface area (Å²) in [6, 6.07) is 11.6. The van der Waals surface area contributed by atoms with E-state index in [0.29, 0.717) is 24.1 Å². The highest BCUT2D eigenvalue weighted by Crippen LogP contribution is 2.11. The summed E-state index contributed by atoms with van der Waals surface area (Å²) in [6.07, 6.45) is 0. The van der Waals surface area contributed by atoms with Crippen LogP contribution in [0.4, 0.5) is 0 Å². The van der Waals surface area contributed by atoms with Crippen LogP contribution in [0.25, 0.3) is 0 Å². The Hall–Kier alpha value is -2.05. The number of amides is 1. The summed E-state index contributed by atoms with van der Waals surface area (Å²) < 4.78 is 0. The van der Waals surface area contributed by atoms with Crippen molar-refractivity contribution in [2.75, 3.05) is 20.6 Å². The van der Waals surface area contributed by atoms with Gasteiger partial charge in [0.25, 0.3) is 0 Å². The average molecular weight is 365 g/mol. The summed E-state index contributed by atoms with van der Waals surface area (Å²) in [5.41, 5.74) is 1.01. The summed E-state index contributed by atoms with van der Waals surface area (Å²) >= 11 is 7.67. The molecule has 2 aromatic rings. The Bertz CT molecular complexity index is 686. The van der Waals surface area contributed by atoms with Crippen molar-refractivity contribution in [3.8, 4) is 0 Å². The summed E-state index contributed by atoms with van der Waals surface area (Å²) in [7, 11) is 3.46. The van der Waals surface area contributed by atoms with Crippen molar-refractivity contribution in [3.05, 3.63) is 57.2 Å². The van der Waals surface area contributed by atoms with E-state index in [2.05, 4.69) is 21.7 Å². The highest BCUT2D eigenvalue weighted by atomic mass is 35.5. The van der Waals surface area contributed by atoms with Gasteiger partial charge in [-0.3, -0.25) is 4.79 Å². The molecule has 0 saturated heterocycles. The third kappa shape index (κ3) is 6.22. The van der Waals surface area contributed by atoms with Crippen LogP contribution >= 0.6 is 22.9 Å². The molecule has 0 aliphatic heterocycles. The number of carbonyl (C=O) groups excluding carboxylic acids is 1. The van der Waals surface area contributed by atoms with Gasteiger partial charge in [-0.05, 0) is 29.1 Å². The maximum atomic E-state index is 11.8. The molecule has 7 heteroatoms. The van der Waals surface area contributed by atoms with Crippen molar-refractivity contribution in [3.63, 3.8) is 0 Å². The molecule has 0 radical (unpaired) electrons. The Labute approximate surface area is 151 Å². The average Bonchev–Trinajstić information content (AvgIpc) is 3.07. The smallest absolute Gasteiger partial charge is 0.241 e. The maximum absolute atomic E-state index is 11.8. The normalized spacial score (nSPS) is 11.2. The number of nitrogens with zero attached hydrogens (tertiary/aromatic N) is 2. The van der Waals surface area contributed by atoms with Gasteiger partial charge < -0.3 is 15.5 Å². The number of likely N-dealkylation sites (N-methyl/N-ethyl adjacent to an activating group) is 1. The van der Waals surface area contributed by atoms with Crippen molar-refractivity contribution in [2.24, 2.45) is 4.99 Å². The van der Waals surface area contributed by atoms with E-state index in [1.807, 2.05) is 35.7 Å². The third-order valence-electron chi connectivity index (χ3n) is 3.22. The van der Waals surface area contributed by atoms with Gasteiger partial charge in [-0.15, -0.1) is 11.3 Å². The molecule has 2 N–H and O–H groups in total. The van der Waals surface area contributed by atoms with Crippen LogP contribution in [0.1, 0.15) is 10.4 Å². The number of nitrogens with one attached hydrogen (secondary N) is 2. The van der Waals surface area contributed by atoms with E-state index in [-0.39, 0.29) is 12.5 Å². The van der Waals surface area contributed by atoms with Crippen molar-refractivity contribution in [1.82, 2.24) is 15.5 Å². The molecule has 0 bridgehead atoms. The number of thiophene rings is 1. The van der Waals surface area contributed by atoms with Crippen molar-refractivity contribution < 1.29 is 4.79 Å². The fourth-order valence-electron chi connectivity index (χ4n) is 1.88. The minimum atomic E-state index is -0.0108. The van der Waals surface area contributed by atoms with Crippen LogP contribution in [-0.2, 0) is 17.9 Å². The van der Waals surface area contributed by atoms with Gasteiger partial charge in [0.2, 0.25) is 5.91 Å². The Morgan fingerprint density at radius 1 is 1.25 bits per heavy atom. The quantitative estimate of drug-likeness (QED) is 0.612. The predicted octanol–water partition coefficient (Wildman–Crippen LogP) is 2.73. The van der Waals surface area contributed by atoms with Gasteiger partial charge in [0.05, 0.1) is 19.6 Å². The molecule has 1 heterocycles. The first-order valence-electron chi connectivity index (χ1n) is 7.54. The summed E-state index contributed by atoms with van der Waals surface area (Å²) in [5, 5.41) is 9.03. The molecule has 1 aromatic carbocycles. The second-order valence-electron chi connectivity index (χ2n) is 5.37. The number of benzene rings is 1. The summed E-state index contributed by atoms with van der Waals surface area (Å²) in [5.74, 6) is 0.585. The molecule has 24 heavy (non-hydrogen) atoms. The van der Waals surface area contributed by atoms with E-state index in [0.717, 1.165) is 5.56 Å². The molecular formula is C17H21ClN4OS. The second-order valence-corrected chi connectivity index (χ2v) is 6.84. The van der Waals surface area contributed by atoms with Gasteiger partial charge in [-0.25, -0.2) is 4.99 Å². The van der Waals surface area contributed by atoms with E-state index in [9.17, 15) is 4.79 Å². The number of guanidine groups is 1. The molecule has 0 unspecified atom stereocenters. The lowest BCUT2D eigenvalue weighted by Crippen LogP contribution is -2.42. The molecule has 128 valence electrons. The first-order valence-corrected chi connectivity index (χ1v) is 8.79. The van der Waals surface area contributed by atoms with Crippen LogP contribution in [0.15, 0.2) is 46.8 Å². The van der Waals surface area contributed by atoms with Crippen LogP contribution < -0.4 is 10.6 Å². The van der Waals surface area contributed by atoms with Crippen LogP contribution in [0.2, 0.25) is 5.02 Å². The molecule has 5 nitrogen and oxygen atoms in total. The summed E-state index contributed by atoms with van der Waals surface area (Å²) in [6.45, 7) is 1.34. The van der Waals surface area contributed by atoms with Gasteiger partial charge in [0.1, 0.15) is 0 Å². The minimum absolute atomic E-state index is 0.0108. The van der Waals surface area contributed by atoms with Gasteiger partial charge in [-0.2, -0.15) is 0 Å². The molecule has 0 aliphatic rings. The maximum Gasteiger partial charge on any atom is 0.241 e. The molecular weight excluding hydrogens is 344 g/mol. The first-order chi connectivity index (χ1) is 11.5. The van der Waals surface area contributed by atoms with Gasteiger partial charge in [-0.1, -0.05) is 29.8 Å². The molecule has 0 fully saturated rings. The van der Waals surface area contributed by atoms with Crippen LogP contribution in [0, 0.1) is 0 Å². The van der Waals surface area contributed by atoms with Crippen molar-refractivity contribution in [2.45, 2.75) is 13.1 Å². The molecule has 0 spiro atoms. The number of carbonyl (C=O) groups is 1. The lowest BCUT2D eigenvalue weighted by Gasteiger charge is -2.14. The third-order valence-corrected chi connectivity index (χ3v) is 4.34. The topological polar surface area (TPSA) is 56.7 Å². The summed E-state index contributed by atoms with van der Waals surface area (Å²) in [4.78, 5) is 19.0. The molecule has 0 aliphatic carbocycles. The zero-order chi connectivity index (χ0) is 17.4. The van der Waals surface area contributed by atoms with E-state index in [1.165, 1.54) is 4.88 Å². The molecule has 0 saturated carbocycles.